The topological polar surface area (TPSA) is 38.2 Å². The minimum absolute atomic E-state index is 0.422. The van der Waals surface area contributed by atoms with Crippen LogP contribution in [0.5, 0.6) is 0 Å². The summed E-state index contributed by atoms with van der Waals surface area (Å²) in [6, 6.07) is 1.85. The van der Waals surface area contributed by atoms with Crippen molar-refractivity contribution in [2.24, 2.45) is 11.8 Å². The van der Waals surface area contributed by atoms with Crippen LogP contribution in [-0.2, 0) is 11.3 Å². The average Bonchev–Trinajstić information content (AvgIpc) is 2.85. The molecule has 1 fully saturated rings. The van der Waals surface area contributed by atoms with Crippen LogP contribution in [-0.4, -0.2) is 29.7 Å². The predicted octanol–water partition coefficient (Wildman–Crippen LogP) is 3.15. The van der Waals surface area contributed by atoms with Gasteiger partial charge in [0.05, 0.1) is 0 Å². The lowest BCUT2D eigenvalue weighted by molar-refractivity contribution is 0.128. The van der Waals surface area contributed by atoms with E-state index < -0.39 is 0 Å². The Labute approximate surface area is 120 Å². The molecule has 19 heavy (non-hydrogen) atoms. The van der Waals surface area contributed by atoms with Crippen molar-refractivity contribution in [3.05, 3.63) is 17.0 Å². The van der Waals surface area contributed by atoms with Gasteiger partial charge < -0.3 is 9.64 Å². The Morgan fingerprint density at radius 2 is 2.26 bits per heavy atom. The third kappa shape index (κ3) is 3.80. The largest absolute Gasteiger partial charge is 0.374 e. The van der Waals surface area contributed by atoms with Crippen LogP contribution in [0.15, 0.2) is 6.07 Å². The molecule has 0 aliphatic carbocycles. The van der Waals surface area contributed by atoms with E-state index in [9.17, 15) is 0 Å². The summed E-state index contributed by atoms with van der Waals surface area (Å²) in [5, 5.41) is 0.493. The average molecular weight is 284 g/mol. The zero-order valence-corrected chi connectivity index (χ0v) is 12.7. The Kier molecular flexibility index (Phi) is 4.99. The second kappa shape index (κ2) is 6.53. The third-order valence-corrected chi connectivity index (χ3v) is 3.85. The highest BCUT2D eigenvalue weighted by Gasteiger charge is 2.26. The monoisotopic (exact) mass is 283 g/mol. The Morgan fingerprint density at radius 3 is 2.89 bits per heavy atom. The van der Waals surface area contributed by atoms with Gasteiger partial charge in [0.25, 0.3) is 0 Å². The van der Waals surface area contributed by atoms with Gasteiger partial charge in [-0.15, -0.1) is 0 Å². The van der Waals surface area contributed by atoms with Gasteiger partial charge in [0.15, 0.2) is 5.82 Å². The quantitative estimate of drug-likeness (QED) is 0.778. The molecule has 1 aliphatic heterocycles. The van der Waals surface area contributed by atoms with E-state index in [1.54, 1.807) is 0 Å². The number of hydrogen-bond donors (Lipinski definition) is 0. The van der Waals surface area contributed by atoms with Crippen LogP contribution in [0.3, 0.4) is 0 Å². The number of ether oxygens (including phenoxy) is 1. The first-order valence-electron chi connectivity index (χ1n) is 6.96. The maximum Gasteiger partial charge on any atom is 0.158 e. The van der Waals surface area contributed by atoms with Crippen molar-refractivity contribution in [3.63, 3.8) is 0 Å². The standard InChI is InChI=1S/C14H22ClN3O/c1-4-19-9-13-16-12(15)7-14(17-13)18-6-5-11(8-18)10(2)3/h7,10-11H,4-6,8-9H2,1-3H3. The van der Waals surface area contributed by atoms with Gasteiger partial charge in [-0.05, 0) is 25.2 Å². The molecule has 0 spiro atoms. The molecular weight excluding hydrogens is 262 g/mol. The van der Waals surface area contributed by atoms with Gasteiger partial charge in [-0.1, -0.05) is 25.4 Å². The van der Waals surface area contributed by atoms with Gasteiger partial charge >= 0.3 is 0 Å². The van der Waals surface area contributed by atoms with Gasteiger partial charge in [-0.2, -0.15) is 0 Å². The molecule has 0 aromatic carbocycles. The number of rotatable bonds is 5. The van der Waals surface area contributed by atoms with Crippen LogP contribution in [0, 0.1) is 11.8 Å². The first-order valence-corrected chi connectivity index (χ1v) is 7.34. The normalized spacial score (nSPS) is 19.4. The maximum absolute atomic E-state index is 6.07. The van der Waals surface area contributed by atoms with Crippen LogP contribution < -0.4 is 4.90 Å². The summed E-state index contributed by atoms with van der Waals surface area (Å²) < 4.78 is 5.35. The van der Waals surface area contributed by atoms with Crippen LogP contribution in [0.4, 0.5) is 5.82 Å². The molecule has 2 heterocycles. The molecule has 4 nitrogen and oxygen atoms in total. The fourth-order valence-corrected chi connectivity index (χ4v) is 2.61. The highest BCUT2D eigenvalue weighted by atomic mass is 35.5. The predicted molar refractivity (Wildman–Crippen MR) is 77.5 cm³/mol. The van der Waals surface area contributed by atoms with Crippen molar-refractivity contribution in [1.82, 2.24) is 9.97 Å². The van der Waals surface area contributed by atoms with Crippen LogP contribution in [0.2, 0.25) is 5.15 Å². The maximum atomic E-state index is 6.07. The van der Waals surface area contributed by atoms with E-state index in [0.29, 0.717) is 30.1 Å². The molecule has 2 rings (SSSR count). The minimum atomic E-state index is 0.422. The lowest BCUT2D eigenvalue weighted by Crippen LogP contribution is -2.23. The minimum Gasteiger partial charge on any atom is -0.374 e. The third-order valence-electron chi connectivity index (χ3n) is 3.65. The zero-order valence-electron chi connectivity index (χ0n) is 11.9. The number of anilines is 1. The number of nitrogens with zero attached hydrogens (tertiary/aromatic N) is 3. The van der Waals surface area contributed by atoms with E-state index in [1.807, 2.05) is 13.0 Å². The van der Waals surface area contributed by atoms with Crippen molar-refractivity contribution in [2.45, 2.75) is 33.8 Å². The van der Waals surface area contributed by atoms with E-state index >= 15 is 0 Å². The number of halogens is 1. The Bertz CT molecular complexity index is 425. The smallest absolute Gasteiger partial charge is 0.158 e. The summed E-state index contributed by atoms with van der Waals surface area (Å²) in [4.78, 5) is 11.1. The van der Waals surface area contributed by atoms with E-state index in [-0.39, 0.29) is 0 Å². The van der Waals surface area contributed by atoms with Crippen molar-refractivity contribution in [2.75, 3.05) is 24.6 Å². The first-order chi connectivity index (χ1) is 9.10. The summed E-state index contributed by atoms with van der Waals surface area (Å²) in [6.07, 6.45) is 1.22. The van der Waals surface area contributed by atoms with Crippen LogP contribution in [0.1, 0.15) is 33.0 Å². The van der Waals surface area contributed by atoms with E-state index in [0.717, 1.165) is 24.8 Å². The van der Waals surface area contributed by atoms with Crippen molar-refractivity contribution in [3.8, 4) is 0 Å². The molecular formula is C14H22ClN3O. The van der Waals surface area contributed by atoms with Crippen LogP contribution in [0.25, 0.3) is 0 Å². The highest BCUT2D eigenvalue weighted by molar-refractivity contribution is 6.29. The van der Waals surface area contributed by atoms with Gasteiger partial charge in [0.2, 0.25) is 0 Å². The second-order valence-electron chi connectivity index (χ2n) is 5.34. The summed E-state index contributed by atoms with van der Waals surface area (Å²) in [6.45, 7) is 9.70. The molecule has 0 bridgehead atoms. The molecule has 0 radical (unpaired) electrons. The van der Waals surface area contributed by atoms with Crippen molar-refractivity contribution in [1.29, 1.82) is 0 Å². The van der Waals surface area contributed by atoms with E-state index in [2.05, 4.69) is 28.7 Å². The van der Waals surface area contributed by atoms with Gasteiger partial charge in [0.1, 0.15) is 17.6 Å². The Balaban J connectivity index is 2.09. The van der Waals surface area contributed by atoms with Gasteiger partial charge in [0, 0.05) is 25.8 Å². The zero-order chi connectivity index (χ0) is 13.8. The molecule has 1 saturated heterocycles. The second-order valence-corrected chi connectivity index (χ2v) is 5.73. The SMILES string of the molecule is CCOCc1nc(Cl)cc(N2CCC(C(C)C)C2)n1. The Morgan fingerprint density at radius 1 is 1.47 bits per heavy atom. The molecule has 0 amide bonds. The fraction of sp³-hybridized carbons (Fsp3) is 0.714. The molecule has 1 aliphatic rings. The molecule has 1 unspecified atom stereocenters. The first kappa shape index (κ1) is 14.5. The molecule has 1 aromatic heterocycles. The molecule has 0 N–H and O–H groups in total. The number of hydrogen-bond acceptors (Lipinski definition) is 4. The summed E-state index contributed by atoms with van der Waals surface area (Å²) in [5.74, 6) is 3.05. The van der Waals surface area contributed by atoms with Gasteiger partial charge in [-0.25, -0.2) is 9.97 Å². The lowest BCUT2D eigenvalue weighted by Gasteiger charge is -2.19. The van der Waals surface area contributed by atoms with Crippen molar-refractivity contribution >= 4 is 17.4 Å². The molecule has 106 valence electrons. The molecule has 1 atom stereocenters. The summed E-state index contributed by atoms with van der Waals surface area (Å²) in [7, 11) is 0. The molecule has 1 aromatic rings. The van der Waals surface area contributed by atoms with Crippen LogP contribution >= 0.6 is 11.6 Å². The summed E-state index contributed by atoms with van der Waals surface area (Å²) in [5.41, 5.74) is 0. The van der Waals surface area contributed by atoms with E-state index in [4.69, 9.17) is 16.3 Å². The number of aromatic nitrogens is 2. The fourth-order valence-electron chi connectivity index (χ4n) is 2.41. The Hall–Kier alpha value is -0.870. The van der Waals surface area contributed by atoms with Gasteiger partial charge in [-0.3, -0.25) is 0 Å². The van der Waals surface area contributed by atoms with E-state index in [1.165, 1.54) is 6.42 Å². The molecule has 0 saturated carbocycles. The van der Waals surface area contributed by atoms with Crippen molar-refractivity contribution < 1.29 is 4.74 Å². The molecule has 5 heteroatoms. The lowest BCUT2D eigenvalue weighted by atomic mass is 9.95. The highest BCUT2D eigenvalue weighted by Crippen LogP contribution is 2.28. The summed E-state index contributed by atoms with van der Waals surface area (Å²) >= 11 is 6.07.